The van der Waals surface area contributed by atoms with Crippen molar-refractivity contribution in [3.63, 3.8) is 0 Å². The molecular weight excluding hydrogens is 414 g/mol. The number of carbonyl (C=O) groups excluding carboxylic acids is 1. The molecule has 1 amide bonds. The van der Waals surface area contributed by atoms with E-state index in [1.807, 2.05) is 38.7 Å². The zero-order valence-electron chi connectivity index (χ0n) is 21.9. The van der Waals surface area contributed by atoms with Crippen LogP contribution in [0.1, 0.15) is 86.5 Å². The van der Waals surface area contributed by atoms with Gasteiger partial charge in [-0.25, -0.2) is 0 Å². The predicted molar refractivity (Wildman–Crippen MR) is 135 cm³/mol. The number of amides is 1. The number of carbonyl (C=O) groups is 1. The molecule has 2 rings (SSSR count). The van der Waals surface area contributed by atoms with E-state index in [-0.39, 0.29) is 36.6 Å². The molecule has 0 heterocycles. The Kier molecular flexibility index (Phi) is 11.6. The first-order valence-corrected chi connectivity index (χ1v) is 13.3. The maximum atomic E-state index is 12.4. The number of hydrogen-bond donors (Lipinski definition) is 2. The fourth-order valence-electron chi connectivity index (χ4n) is 5.82. The van der Waals surface area contributed by atoms with E-state index in [0.29, 0.717) is 24.4 Å². The molecule has 0 spiro atoms. The summed E-state index contributed by atoms with van der Waals surface area (Å²) in [5, 5.41) is 21.0. The van der Waals surface area contributed by atoms with Crippen LogP contribution in [0, 0.1) is 23.7 Å². The molecule has 0 bridgehead atoms. The van der Waals surface area contributed by atoms with Crippen LogP contribution in [0.2, 0.25) is 0 Å². The van der Waals surface area contributed by atoms with E-state index >= 15 is 0 Å². The van der Waals surface area contributed by atoms with Crippen molar-refractivity contribution in [2.45, 2.75) is 111 Å². The summed E-state index contributed by atoms with van der Waals surface area (Å²) < 4.78 is 5.72. The third-order valence-electron chi connectivity index (χ3n) is 7.39. The fourth-order valence-corrected chi connectivity index (χ4v) is 5.82. The number of hydrogen-bond acceptors (Lipinski definition) is 4. The van der Waals surface area contributed by atoms with Gasteiger partial charge in [0.25, 0.3) is 0 Å². The lowest BCUT2D eigenvalue weighted by Gasteiger charge is -2.30. The lowest BCUT2D eigenvalue weighted by atomic mass is 9.88. The summed E-state index contributed by atoms with van der Waals surface area (Å²) in [6, 6.07) is 0.347. The average molecular weight is 464 g/mol. The maximum Gasteiger partial charge on any atom is 0.249 e. The van der Waals surface area contributed by atoms with Crippen molar-refractivity contribution in [3.05, 3.63) is 23.8 Å². The van der Waals surface area contributed by atoms with Gasteiger partial charge in [-0.1, -0.05) is 56.9 Å². The van der Waals surface area contributed by atoms with Crippen molar-refractivity contribution in [3.8, 4) is 0 Å². The molecule has 0 aromatic rings. The number of aliphatic hydroxyl groups is 2. The summed E-state index contributed by atoms with van der Waals surface area (Å²) in [6.45, 7) is 13.2. The van der Waals surface area contributed by atoms with Crippen LogP contribution in [0.25, 0.3) is 0 Å². The van der Waals surface area contributed by atoms with Gasteiger partial charge in [-0.05, 0) is 71.1 Å². The third kappa shape index (κ3) is 8.52. The van der Waals surface area contributed by atoms with Crippen LogP contribution in [-0.2, 0) is 9.53 Å². The first kappa shape index (κ1) is 28.1. The van der Waals surface area contributed by atoms with Gasteiger partial charge in [-0.15, -0.1) is 0 Å². The van der Waals surface area contributed by atoms with Crippen LogP contribution < -0.4 is 0 Å². The van der Waals surface area contributed by atoms with Crippen LogP contribution >= 0.6 is 0 Å². The average Bonchev–Trinajstić information content (AvgIpc) is 3.23. The standard InChI is InChI=1S/C28H49NO4/c1-7-8-9-21(6)14-24(30)10-11-25-26-16-22(15-23(26)17-27(25)31)12-13-33-18-28(32)29(19(2)3)20(4)5/h10-11,15,19-21,23-27,30-31H,7-9,12-14,16-18H2,1-6H3/t21-,23-,24+,25+,26-,27+/m0/s1. The molecule has 0 aromatic heterocycles. The van der Waals surface area contributed by atoms with Gasteiger partial charge in [0.05, 0.1) is 18.8 Å². The predicted octanol–water partition coefficient (Wildman–Crippen LogP) is 5.12. The van der Waals surface area contributed by atoms with Crippen molar-refractivity contribution in [1.82, 2.24) is 4.90 Å². The second kappa shape index (κ2) is 13.7. The first-order valence-electron chi connectivity index (χ1n) is 13.3. The maximum absolute atomic E-state index is 12.4. The molecule has 2 N–H and O–H groups in total. The van der Waals surface area contributed by atoms with Crippen molar-refractivity contribution >= 4 is 5.91 Å². The summed E-state index contributed by atoms with van der Waals surface area (Å²) in [5.74, 6) is 1.50. The molecule has 0 unspecified atom stereocenters. The minimum Gasteiger partial charge on any atom is -0.392 e. The number of unbranched alkanes of at least 4 members (excludes halogenated alkanes) is 1. The molecule has 5 nitrogen and oxygen atoms in total. The Hall–Kier alpha value is -1.17. The Labute approximate surface area is 202 Å². The Morgan fingerprint density at radius 3 is 2.58 bits per heavy atom. The van der Waals surface area contributed by atoms with Crippen LogP contribution in [0.5, 0.6) is 0 Å². The largest absolute Gasteiger partial charge is 0.392 e. The Morgan fingerprint density at radius 2 is 1.94 bits per heavy atom. The van der Waals surface area contributed by atoms with Crippen LogP contribution in [0.4, 0.5) is 0 Å². The fraction of sp³-hybridized carbons (Fsp3) is 0.821. The van der Waals surface area contributed by atoms with E-state index in [1.54, 1.807) is 0 Å². The summed E-state index contributed by atoms with van der Waals surface area (Å²) in [4.78, 5) is 14.3. The van der Waals surface area contributed by atoms with Gasteiger partial charge in [-0.2, -0.15) is 0 Å². The highest BCUT2D eigenvalue weighted by Gasteiger charge is 2.43. The molecule has 33 heavy (non-hydrogen) atoms. The molecule has 2 aliphatic carbocycles. The minimum absolute atomic E-state index is 0.0492. The van der Waals surface area contributed by atoms with Crippen molar-refractivity contribution in [2.24, 2.45) is 23.7 Å². The molecule has 1 saturated carbocycles. The zero-order chi connectivity index (χ0) is 24.5. The highest BCUT2D eigenvalue weighted by molar-refractivity contribution is 5.78. The van der Waals surface area contributed by atoms with Crippen LogP contribution in [0.3, 0.4) is 0 Å². The van der Waals surface area contributed by atoms with Crippen LogP contribution in [-0.4, -0.2) is 58.5 Å². The van der Waals surface area contributed by atoms with Gasteiger partial charge in [0.1, 0.15) is 6.61 Å². The summed E-state index contributed by atoms with van der Waals surface area (Å²) in [7, 11) is 0. The number of aliphatic hydroxyl groups excluding tert-OH is 2. The topological polar surface area (TPSA) is 70.0 Å². The molecular formula is C28H49NO4. The molecule has 6 atom stereocenters. The number of allylic oxidation sites excluding steroid dienone is 1. The second-order valence-corrected chi connectivity index (χ2v) is 11.0. The zero-order valence-corrected chi connectivity index (χ0v) is 21.9. The summed E-state index contributed by atoms with van der Waals surface area (Å²) >= 11 is 0. The van der Waals surface area contributed by atoms with Gasteiger partial charge in [0, 0.05) is 18.0 Å². The van der Waals surface area contributed by atoms with E-state index < -0.39 is 6.10 Å². The second-order valence-electron chi connectivity index (χ2n) is 11.0. The third-order valence-corrected chi connectivity index (χ3v) is 7.39. The molecule has 0 radical (unpaired) electrons. The van der Waals surface area contributed by atoms with Gasteiger partial charge in [0.2, 0.25) is 5.91 Å². The Bertz CT molecular complexity index is 648. The highest BCUT2D eigenvalue weighted by Crippen LogP contribution is 2.48. The normalized spacial score (nSPS) is 26.8. The lowest BCUT2D eigenvalue weighted by Crippen LogP contribution is -2.44. The molecule has 0 aliphatic heterocycles. The smallest absolute Gasteiger partial charge is 0.249 e. The summed E-state index contributed by atoms with van der Waals surface area (Å²) in [6.07, 6.45) is 12.5. The lowest BCUT2D eigenvalue weighted by molar-refractivity contribution is -0.139. The first-order chi connectivity index (χ1) is 15.6. The minimum atomic E-state index is -0.431. The molecule has 5 heteroatoms. The molecule has 2 aliphatic rings. The van der Waals surface area contributed by atoms with Gasteiger partial charge >= 0.3 is 0 Å². The van der Waals surface area contributed by atoms with E-state index in [9.17, 15) is 15.0 Å². The number of ether oxygens (including phenoxy) is 1. The SMILES string of the molecule is CCCC[C@H](C)C[C@H](O)C=C[C@@H]1[C@H]2CC(CCOCC(=O)N(C(C)C)C(C)C)=C[C@H]2C[C@H]1O. The Balaban J connectivity index is 1.77. The van der Waals surface area contributed by atoms with E-state index in [1.165, 1.54) is 18.4 Å². The van der Waals surface area contributed by atoms with Crippen LogP contribution in [0.15, 0.2) is 23.8 Å². The monoisotopic (exact) mass is 463 g/mol. The Morgan fingerprint density at radius 1 is 1.24 bits per heavy atom. The van der Waals surface area contributed by atoms with Crippen molar-refractivity contribution in [2.75, 3.05) is 13.2 Å². The summed E-state index contributed by atoms with van der Waals surface area (Å²) in [5.41, 5.74) is 1.38. The number of rotatable bonds is 14. The number of nitrogens with zero attached hydrogens (tertiary/aromatic N) is 1. The van der Waals surface area contributed by atoms with E-state index in [0.717, 1.165) is 32.1 Å². The van der Waals surface area contributed by atoms with E-state index in [2.05, 4.69) is 26.0 Å². The van der Waals surface area contributed by atoms with Gasteiger partial charge in [0.15, 0.2) is 0 Å². The van der Waals surface area contributed by atoms with Gasteiger partial charge < -0.3 is 19.8 Å². The molecule has 190 valence electrons. The van der Waals surface area contributed by atoms with Crippen molar-refractivity contribution < 1.29 is 19.7 Å². The molecule has 0 saturated heterocycles. The van der Waals surface area contributed by atoms with E-state index in [4.69, 9.17) is 4.74 Å². The van der Waals surface area contributed by atoms with Crippen molar-refractivity contribution in [1.29, 1.82) is 0 Å². The highest BCUT2D eigenvalue weighted by atomic mass is 16.5. The molecule has 1 fully saturated rings. The quantitative estimate of drug-likeness (QED) is 0.277. The molecule has 0 aromatic carbocycles. The number of fused-ring (bicyclic) bond motifs is 1. The van der Waals surface area contributed by atoms with Gasteiger partial charge in [-0.3, -0.25) is 4.79 Å².